The average molecular weight is 266 g/mol. The summed E-state index contributed by atoms with van der Waals surface area (Å²) in [5.74, 6) is 1.54. The van der Waals surface area contributed by atoms with Crippen LogP contribution in [0.5, 0.6) is 0 Å². The molecule has 20 heavy (non-hydrogen) atoms. The van der Waals surface area contributed by atoms with Gasteiger partial charge >= 0.3 is 0 Å². The summed E-state index contributed by atoms with van der Waals surface area (Å²) in [5, 5.41) is 1.19. The van der Waals surface area contributed by atoms with Crippen LogP contribution in [0.15, 0.2) is 24.4 Å². The van der Waals surface area contributed by atoms with Gasteiger partial charge in [-0.15, -0.1) is 0 Å². The highest BCUT2D eigenvalue weighted by Gasteiger charge is 2.24. The van der Waals surface area contributed by atoms with E-state index in [-0.39, 0.29) is 0 Å². The number of fused-ring (bicyclic) bond motifs is 2. The van der Waals surface area contributed by atoms with E-state index in [2.05, 4.69) is 35.1 Å². The first kappa shape index (κ1) is 11.7. The highest BCUT2D eigenvalue weighted by Crippen LogP contribution is 2.35. The number of imidazole rings is 1. The van der Waals surface area contributed by atoms with E-state index >= 15 is 0 Å². The second-order valence-electron chi connectivity index (χ2n) is 5.68. The number of aromatic amines is 2. The molecular formula is C16H18N4. The van der Waals surface area contributed by atoms with E-state index in [1.54, 1.807) is 0 Å². The maximum atomic E-state index is 5.74. The molecule has 0 radical (unpaired) electrons. The van der Waals surface area contributed by atoms with Crippen LogP contribution in [0.4, 0.5) is 0 Å². The van der Waals surface area contributed by atoms with E-state index in [1.807, 2.05) is 6.20 Å². The van der Waals surface area contributed by atoms with Crippen LogP contribution in [-0.4, -0.2) is 15.0 Å². The number of rotatable bonds is 2. The predicted molar refractivity (Wildman–Crippen MR) is 80.5 cm³/mol. The van der Waals surface area contributed by atoms with Gasteiger partial charge in [0.2, 0.25) is 0 Å². The number of nitrogens with two attached hydrogens (primary N) is 1. The largest absolute Gasteiger partial charge is 0.360 e. The normalized spacial score (nSPS) is 17.8. The monoisotopic (exact) mass is 266 g/mol. The Labute approximate surface area is 117 Å². The molecule has 102 valence electrons. The molecule has 0 spiro atoms. The molecule has 0 saturated heterocycles. The molecule has 1 aliphatic carbocycles. The quantitative estimate of drug-likeness (QED) is 0.667. The summed E-state index contributed by atoms with van der Waals surface area (Å²) < 4.78 is 0. The lowest BCUT2D eigenvalue weighted by Crippen LogP contribution is -1.95. The Balaban J connectivity index is 1.87. The Kier molecular flexibility index (Phi) is 2.47. The molecule has 4 heteroatoms. The van der Waals surface area contributed by atoms with E-state index in [9.17, 15) is 0 Å². The van der Waals surface area contributed by atoms with Crippen molar-refractivity contribution in [3.05, 3.63) is 41.3 Å². The van der Waals surface area contributed by atoms with Crippen LogP contribution in [0.1, 0.15) is 36.2 Å². The summed E-state index contributed by atoms with van der Waals surface area (Å²) >= 11 is 0. The first-order chi connectivity index (χ1) is 9.76. The van der Waals surface area contributed by atoms with Crippen molar-refractivity contribution < 1.29 is 0 Å². The number of hydrogen-bond donors (Lipinski definition) is 3. The van der Waals surface area contributed by atoms with Gasteiger partial charge in [0.05, 0.1) is 5.69 Å². The summed E-state index contributed by atoms with van der Waals surface area (Å²) in [6.45, 7) is 2.81. The third-order valence-electron chi connectivity index (χ3n) is 4.34. The van der Waals surface area contributed by atoms with Crippen LogP contribution in [0, 0.1) is 0 Å². The highest BCUT2D eigenvalue weighted by atomic mass is 15.0. The van der Waals surface area contributed by atoms with Crippen LogP contribution < -0.4 is 5.73 Å². The number of nitrogens with zero attached hydrogens (tertiary/aromatic N) is 1. The zero-order valence-corrected chi connectivity index (χ0v) is 11.5. The summed E-state index contributed by atoms with van der Waals surface area (Å²) in [7, 11) is 0. The van der Waals surface area contributed by atoms with E-state index < -0.39 is 0 Å². The fourth-order valence-electron chi connectivity index (χ4n) is 3.14. The summed E-state index contributed by atoms with van der Waals surface area (Å²) in [5.41, 5.74) is 11.7. The van der Waals surface area contributed by atoms with Gasteiger partial charge in [0.1, 0.15) is 5.82 Å². The Morgan fingerprint density at radius 1 is 1.40 bits per heavy atom. The molecule has 4 N–H and O–H groups in total. The summed E-state index contributed by atoms with van der Waals surface area (Å²) in [6.07, 6.45) is 4.35. The minimum absolute atomic E-state index is 0.562. The van der Waals surface area contributed by atoms with Gasteiger partial charge in [0.15, 0.2) is 0 Å². The van der Waals surface area contributed by atoms with E-state index in [0.29, 0.717) is 12.5 Å². The van der Waals surface area contributed by atoms with E-state index in [0.717, 1.165) is 28.9 Å². The summed E-state index contributed by atoms with van der Waals surface area (Å²) in [6, 6.07) is 6.30. The fraction of sp³-hybridized carbons (Fsp3) is 0.312. The molecule has 0 bridgehead atoms. The van der Waals surface area contributed by atoms with Crippen LogP contribution >= 0.6 is 0 Å². The molecule has 4 nitrogen and oxygen atoms in total. The van der Waals surface area contributed by atoms with Crippen LogP contribution in [-0.2, 0) is 13.0 Å². The topological polar surface area (TPSA) is 70.5 Å². The van der Waals surface area contributed by atoms with Crippen LogP contribution in [0.3, 0.4) is 0 Å². The first-order valence-corrected chi connectivity index (χ1v) is 7.15. The number of H-pyrrole nitrogens is 2. The number of nitrogens with one attached hydrogen (secondary N) is 2. The zero-order chi connectivity index (χ0) is 13.7. The van der Waals surface area contributed by atoms with E-state index in [1.165, 1.54) is 23.2 Å². The zero-order valence-electron chi connectivity index (χ0n) is 11.5. The first-order valence-electron chi connectivity index (χ1n) is 7.15. The Morgan fingerprint density at radius 3 is 3.10 bits per heavy atom. The minimum Gasteiger partial charge on any atom is -0.360 e. The van der Waals surface area contributed by atoms with Gasteiger partial charge in [0.25, 0.3) is 0 Å². The van der Waals surface area contributed by atoms with Gasteiger partial charge in [-0.1, -0.05) is 13.0 Å². The van der Waals surface area contributed by atoms with Crippen molar-refractivity contribution in [1.29, 1.82) is 0 Å². The van der Waals surface area contributed by atoms with E-state index in [4.69, 9.17) is 10.7 Å². The molecule has 4 rings (SSSR count). The van der Waals surface area contributed by atoms with Crippen molar-refractivity contribution in [1.82, 2.24) is 15.0 Å². The number of benzene rings is 1. The number of hydrogen-bond acceptors (Lipinski definition) is 2. The molecule has 0 amide bonds. The van der Waals surface area contributed by atoms with Crippen LogP contribution in [0.25, 0.3) is 22.3 Å². The third kappa shape index (κ3) is 1.61. The SMILES string of the molecule is CC1CCc2[nH]c(-c3c[nH]c4ccc(CN)cc34)nc21. The van der Waals surface area contributed by atoms with Gasteiger partial charge in [-0.2, -0.15) is 0 Å². The maximum Gasteiger partial charge on any atom is 0.140 e. The van der Waals surface area contributed by atoms with Crippen molar-refractivity contribution in [2.45, 2.75) is 32.2 Å². The number of aryl methyl sites for hydroxylation is 1. The van der Waals surface area contributed by atoms with Crippen molar-refractivity contribution in [3.8, 4) is 11.4 Å². The van der Waals surface area contributed by atoms with Crippen molar-refractivity contribution in [2.75, 3.05) is 0 Å². The Morgan fingerprint density at radius 2 is 2.30 bits per heavy atom. The molecule has 2 aromatic heterocycles. The minimum atomic E-state index is 0.562. The lowest BCUT2D eigenvalue weighted by molar-refractivity contribution is 0.726. The second-order valence-corrected chi connectivity index (χ2v) is 5.68. The lowest BCUT2D eigenvalue weighted by atomic mass is 10.1. The fourth-order valence-corrected chi connectivity index (χ4v) is 3.14. The maximum absolute atomic E-state index is 5.74. The molecule has 1 atom stereocenters. The van der Waals surface area contributed by atoms with Crippen LogP contribution in [0.2, 0.25) is 0 Å². The number of aromatic nitrogens is 3. The van der Waals surface area contributed by atoms with Gasteiger partial charge in [-0.05, 0) is 30.5 Å². The second kappa shape index (κ2) is 4.21. The van der Waals surface area contributed by atoms with Gasteiger partial charge in [0, 0.05) is 40.8 Å². The smallest absolute Gasteiger partial charge is 0.140 e. The molecule has 0 aliphatic heterocycles. The molecule has 3 aromatic rings. The van der Waals surface area contributed by atoms with Gasteiger partial charge < -0.3 is 15.7 Å². The average Bonchev–Trinajstić information content (AvgIpc) is 3.13. The molecule has 1 aliphatic rings. The summed E-state index contributed by atoms with van der Waals surface area (Å²) in [4.78, 5) is 11.6. The molecule has 0 fully saturated rings. The standard InChI is InChI=1S/C16H18N4/c1-9-2-4-14-15(9)20-16(19-14)12-8-18-13-5-3-10(7-17)6-11(12)13/h3,5-6,8-9,18H,2,4,7,17H2,1H3,(H,19,20). The molecule has 0 saturated carbocycles. The highest BCUT2D eigenvalue weighted by molar-refractivity contribution is 5.94. The molecule has 1 aromatic carbocycles. The van der Waals surface area contributed by atoms with Crippen molar-refractivity contribution >= 4 is 10.9 Å². The predicted octanol–water partition coefficient (Wildman–Crippen LogP) is 3.07. The molecular weight excluding hydrogens is 248 g/mol. The Hall–Kier alpha value is -2.07. The third-order valence-corrected chi connectivity index (χ3v) is 4.34. The van der Waals surface area contributed by atoms with Gasteiger partial charge in [-0.3, -0.25) is 0 Å². The van der Waals surface area contributed by atoms with Gasteiger partial charge in [-0.25, -0.2) is 4.98 Å². The lowest BCUT2D eigenvalue weighted by Gasteiger charge is -2.00. The van der Waals surface area contributed by atoms with Crippen molar-refractivity contribution in [2.24, 2.45) is 5.73 Å². The van der Waals surface area contributed by atoms with Crippen molar-refractivity contribution in [3.63, 3.8) is 0 Å². The molecule has 2 heterocycles. The molecule has 1 unspecified atom stereocenters. The Bertz CT molecular complexity index is 781.